The molecule has 3 unspecified atom stereocenters. The lowest BCUT2D eigenvalue weighted by molar-refractivity contribution is -0.255. The third-order valence-electron chi connectivity index (χ3n) is 8.51. The maximum Gasteiger partial charge on any atom is 0.315 e. The van der Waals surface area contributed by atoms with Crippen molar-refractivity contribution in [2.75, 3.05) is 32.8 Å². The minimum absolute atomic E-state index is 0.0138. The molecule has 9 heteroatoms. The van der Waals surface area contributed by atoms with E-state index in [2.05, 4.69) is 15.5 Å². The van der Waals surface area contributed by atoms with Crippen LogP contribution in [-0.2, 0) is 38.6 Å². The Morgan fingerprint density at radius 3 is 2.05 bits per heavy atom. The number of hydrogen-bond acceptors (Lipinski definition) is 7. The summed E-state index contributed by atoms with van der Waals surface area (Å²) in [5, 5.41) is 15.3. The SMILES string of the molecule is O=C(NCc1ccccc1)NCc1ccc(C2OC(CN3CCC4(CC3)OCCO4)CC(c3ccc(CO)cc3)O2)cc1. The van der Waals surface area contributed by atoms with Crippen LogP contribution in [0.2, 0.25) is 0 Å². The summed E-state index contributed by atoms with van der Waals surface area (Å²) in [5.41, 5.74) is 4.92. The van der Waals surface area contributed by atoms with Crippen molar-refractivity contribution in [3.63, 3.8) is 0 Å². The number of hydrogen-bond donors (Lipinski definition) is 3. The molecule has 43 heavy (non-hydrogen) atoms. The lowest BCUT2D eigenvalue weighted by Gasteiger charge is -2.41. The Morgan fingerprint density at radius 1 is 0.791 bits per heavy atom. The van der Waals surface area contributed by atoms with Crippen molar-refractivity contribution in [1.29, 1.82) is 0 Å². The van der Waals surface area contributed by atoms with E-state index in [1.807, 2.05) is 78.9 Å². The number of piperidine rings is 1. The molecule has 3 aliphatic heterocycles. The molecule has 0 saturated carbocycles. The highest BCUT2D eigenvalue weighted by Gasteiger charge is 2.41. The highest BCUT2D eigenvalue weighted by Crippen LogP contribution is 2.39. The number of likely N-dealkylation sites (tertiary alicyclic amines) is 1. The van der Waals surface area contributed by atoms with Crippen LogP contribution >= 0.6 is 0 Å². The van der Waals surface area contributed by atoms with E-state index in [4.69, 9.17) is 18.9 Å². The van der Waals surface area contributed by atoms with Gasteiger partial charge in [0.05, 0.1) is 32.0 Å². The van der Waals surface area contributed by atoms with E-state index in [9.17, 15) is 9.90 Å². The van der Waals surface area contributed by atoms with Crippen LogP contribution in [0.3, 0.4) is 0 Å². The summed E-state index contributed by atoms with van der Waals surface area (Å²) in [5.74, 6) is -0.397. The van der Waals surface area contributed by atoms with E-state index in [1.165, 1.54) is 0 Å². The van der Waals surface area contributed by atoms with Crippen LogP contribution in [-0.4, -0.2) is 60.8 Å². The van der Waals surface area contributed by atoms with Crippen molar-refractivity contribution in [3.8, 4) is 0 Å². The van der Waals surface area contributed by atoms with E-state index in [1.54, 1.807) is 0 Å². The number of aliphatic hydroxyl groups is 1. The molecule has 0 aromatic heterocycles. The minimum atomic E-state index is -0.518. The third-order valence-corrected chi connectivity index (χ3v) is 8.51. The average Bonchev–Trinajstić information content (AvgIpc) is 3.52. The normalized spacial score (nSPS) is 23.7. The number of carbonyl (C=O) groups excluding carboxylic acids is 1. The van der Waals surface area contributed by atoms with E-state index in [-0.39, 0.29) is 24.8 Å². The van der Waals surface area contributed by atoms with Gasteiger partial charge in [0.25, 0.3) is 0 Å². The number of benzene rings is 3. The molecule has 6 rings (SSSR count). The fourth-order valence-electron chi connectivity index (χ4n) is 6.00. The van der Waals surface area contributed by atoms with E-state index < -0.39 is 12.1 Å². The fourth-order valence-corrected chi connectivity index (χ4v) is 6.00. The standard InChI is InChI=1S/C34H41N3O6/c38-24-27-8-10-28(11-9-27)31-20-30(23-37-16-14-34(15-17-37)40-18-19-41-34)42-32(43-31)29-12-6-26(7-13-29)22-36-33(39)35-21-25-4-2-1-3-5-25/h1-13,30-32,38H,14-24H2,(H2,35,36,39). The highest BCUT2D eigenvalue weighted by molar-refractivity contribution is 5.73. The van der Waals surface area contributed by atoms with E-state index in [0.29, 0.717) is 26.3 Å². The number of aliphatic hydroxyl groups excluding tert-OH is 1. The fraction of sp³-hybridized carbons (Fsp3) is 0.441. The second-order valence-electron chi connectivity index (χ2n) is 11.5. The molecule has 3 aliphatic rings. The second kappa shape index (κ2) is 14.0. The Morgan fingerprint density at radius 2 is 1.40 bits per heavy atom. The topological polar surface area (TPSA) is 102 Å². The molecule has 0 aliphatic carbocycles. The highest BCUT2D eigenvalue weighted by atomic mass is 16.7. The predicted molar refractivity (Wildman–Crippen MR) is 161 cm³/mol. The van der Waals surface area contributed by atoms with Crippen LogP contribution in [0.15, 0.2) is 78.9 Å². The lowest BCUT2D eigenvalue weighted by atomic mass is 9.98. The second-order valence-corrected chi connectivity index (χ2v) is 11.5. The molecule has 0 radical (unpaired) electrons. The smallest absolute Gasteiger partial charge is 0.315 e. The Kier molecular flexibility index (Phi) is 9.67. The van der Waals surface area contributed by atoms with Gasteiger partial charge in [0.1, 0.15) is 0 Å². The number of rotatable bonds is 9. The van der Waals surface area contributed by atoms with Gasteiger partial charge in [-0.15, -0.1) is 0 Å². The molecule has 3 aromatic carbocycles. The number of ether oxygens (including phenoxy) is 4. The zero-order valence-electron chi connectivity index (χ0n) is 24.5. The van der Waals surface area contributed by atoms with Crippen molar-refractivity contribution in [2.45, 2.75) is 63.2 Å². The Bertz CT molecular complexity index is 1300. The summed E-state index contributed by atoms with van der Waals surface area (Å²) in [6.45, 7) is 4.88. The largest absolute Gasteiger partial charge is 0.392 e. The molecule has 0 bridgehead atoms. The van der Waals surface area contributed by atoms with Gasteiger partial charge in [0.15, 0.2) is 12.1 Å². The van der Waals surface area contributed by atoms with Gasteiger partial charge in [-0.25, -0.2) is 4.79 Å². The predicted octanol–water partition coefficient (Wildman–Crippen LogP) is 4.56. The molecule has 3 heterocycles. The van der Waals surface area contributed by atoms with Crippen molar-refractivity contribution >= 4 is 6.03 Å². The first-order valence-electron chi connectivity index (χ1n) is 15.2. The van der Waals surface area contributed by atoms with Crippen LogP contribution in [0.25, 0.3) is 0 Å². The van der Waals surface area contributed by atoms with Crippen LogP contribution in [0.5, 0.6) is 0 Å². The van der Waals surface area contributed by atoms with Crippen molar-refractivity contribution < 1.29 is 28.8 Å². The summed E-state index contributed by atoms with van der Waals surface area (Å²) in [6, 6.07) is 25.6. The maximum atomic E-state index is 12.3. The number of nitrogens with one attached hydrogen (secondary N) is 2. The molecule has 228 valence electrons. The number of urea groups is 1. The Hall–Kier alpha value is -3.31. The molecular formula is C34H41N3O6. The first kappa shape index (κ1) is 29.7. The van der Waals surface area contributed by atoms with Gasteiger partial charge >= 0.3 is 6.03 Å². The van der Waals surface area contributed by atoms with Crippen LogP contribution in [0.4, 0.5) is 4.79 Å². The summed E-state index contributed by atoms with van der Waals surface area (Å²) in [6.07, 6.45) is 1.80. The van der Waals surface area contributed by atoms with Crippen molar-refractivity contribution in [3.05, 3.63) is 107 Å². The van der Waals surface area contributed by atoms with Crippen LogP contribution in [0, 0.1) is 0 Å². The molecule has 3 aromatic rings. The average molecular weight is 588 g/mol. The monoisotopic (exact) mass is 587 g/mol. The van der Waals surface area contributed by atoms with E-state index in [0.717, 1.165) is 66.7 Å². The third kappa shape index (κ3) is 7.80. The molecule has 1 spiro atoms. The maximum absolute atomic E-state index is 12.3. The summed E-state index contributed by atoms with van der Waals surface area (Å²) in [7, 11) is 0. The molecular weight excluding hydrogens is 546 g/mol. The van der Waals surface area contributed by atoms with Gasteiger partial charge in [0.2, 0.25) is 0 Å². The lowest BCUT2D eigenvalue weighted by Crippen LogP contribution is -2.48. The van der Waals surface area contributed by atoms with Crippen molar-refractivity contribution in [2.24, 2.45) is 0 Å². The Labute approximate surface area is 253 Å². The van der Waals surface area contributed by atoms with Crippen molar-refractivity contribution in [1.82, 2.24) is 15.5 Å². The van der Waals surface area contributed by atoms with E-state index >= 15 is 0 Å². The van der Waals surface area contributed by atoms with Gasteiger partial charge in [-0.1, -0.05) is 78.9 Å². The molecule has 3 N–H and O–H groups in total. The van der Waals surface area contributed by atoms with Gasteiger partial charge in [-0.3, -0.25) is 0 Å². The molecule has 9 nitrogen and oxygen atoms in total. The zero-order valence-corrected chi connectivity index (χ0v) is 24.5. The van der Waals surface area contributed by atoms with Gasteiger partial charge in [-0.2, -0.15) is 0 Å². The van der Waals surface area contributed by atoms with Crippen LogP contribution in [0.1, 0.15) is 59.5 Å². The molecule has 3 fully saturated rings. The molecule has 3 atom stereocenters. The zero-order chi connectivity index (χ0) is 29.5. The number of nitrogens with zero attached hydrogens (tertiary/aromatic N) is 1. The molecule has 3 saturated heterocycles. The van der Waals surface area contributed by atoms with Crippen LogP contribution < -0.4 is 10.6 Å². The minimum Gasteiger partial charge on any atom is -0.392 e. The van der Waals surface area contributed by atoms with Gasteiger partial charge in [-0.05, 0) is 22.3 Å². The quantitative estimate of drug-likeness (QED) is 0.337. The summed E-state index contributed by atoms with van der Waals surface area (Å²) < 4.78 is 24.9. The summed E-state index contributed by atoms with van der Waals surface area (Å²) >= 11 is 0. The summed E-state index contributed by atoms with van der Waals surface area (Å²) in [4.78, 5) is 14.7. The van der Waals surface area contributed by atoms with Gasteiger partial charge in [0, 0.05) is 57.5 Å². The number of amides is 2. The first-order valence-corrected chi connectivity index (χ1v) is 15.2. The van der Waals surface area contributed by atoms with Gasteiger partial charge < -0.3 is 39.6 Å². The molecule has 2 amide bonds. The first-order chi connectivity index (χ1) is 21.1. The number of carbonyl (C=O) groups is 1. The Balaban J connectivity index is 1.07.